The number of likely N-dealkylation sites (tertiary alicyclic amines) is 1. The number of nitrogens with one attached hydrogen (secondary N) is 1. The zero-order valence-corrected chi connectivity index (χ0v) is 22.4. The number of para-hydroxylation sites is 1. The van der Waals surface area contributed by atoms with Gasteiger partial charge in [-0.3, -0.25) is 9.69 Å². The van der Waals surface area contributed by atoms with Crippen molar-refractivity contribution < 1.29 is 32.2 Å². The van der Waals surface area contributed by atoms with E-state index in [9.17, 15) is 18.0 Å². The topological polar surface area (TPSA) is 72.9 Å². The average molecular weight is 546 g/mol. The molecule has 1 fully saturated rings. The number of hydrogen-bond donors (Lipinski definition) is 1. The normalized spacial score (nSPS) is 16.4. The minimum atomic E-state index is -4.40. The average Bonchev–Trinajstić information content (AvgIpc) is 2.91. The molecule has 39 heavy (non-hydrogen) atoms. The number of hydrogen-bond acceptors (Lipinski definition) is 6. The SMILES string of the molecule is COCCOc1cc(C(=O)N[C@@H]2CCCN(C(C)C)C2)nc2c(OCc3ccc(C(F)(F)F)cc3)cccc12. The number of carbonyl (C=O) groups excluding carboxylic acids is 1. The number of alkyl halides is 3. The number of rotatable bonds is 10. The maximum Gasteiger partial charge on any atom is 0.416 e. The number of ether oxygens (including phenoxy) is 3. The third-order valence-corrected chi connectivity index (χ3v) is 6.74. The number of amides is 1. The molecule has 7 nitrogen and oxygen atoms in total. The molecule has 2 aromatic carbocycles. The summed E-state index contributed by atoms with van der Waals surface area (Å²) in [5.41, 5.74) is 0.470. The summed E-state index contributed by atoms with van der Waals surface area (Å²) in [5, 5.41) is 3.77. The fourth-order valence-electron chi connectivity index (χ4n) is 4.58. The predicted molar refractivity (Wildman–Crippen MR) is 142 cm³/mol. The van der Waals surface area contributed by atoms with Gasteiger partial charge in [0.1, 0.15) is 35.9 Å². The molecule has 2 heterocycles. The van der Waals surface area contributed by atoms with Gasteiger partial charge >= 0.3 is 6.18 Å². The van der Waals surface area contributed by atoms with Gasteiger partial charge in [0.2, 0.25) is 0 Å². The first-order valence-corrected chi connectivity index (χ1v) is 13.0. The first-order valence-electron chi connectivity index (χ1n) is 13.0. The summed E-state index contributed by atoms with van der Waals surface area (Å²) in [6, 6.07) is 12.1. The van der Waals surface area contributed by atoms with Gasteiger partial charge in [0.05, 0.1) is 12.2 Å². The van der Waals surface area contributed by atoms with Crippen LogP contribution in [0.4, 0.5) is 13.2 Å². The number of fused-ring (bicyclic) bond motifs is 1. The molecular formula is C29H34F3N3O4. The molecule has 1 N–H and O–H groups in total. The molecule has 0 aliphatic carbocycles. The van der Waals surface area contributed by atoms with E-state index in [0.717, 1.165) is 38.1 Å². The molecule has 1 amide bonds. The smallest absolute Gasteiger partial charge is 0.416 e. The molecule has 1 atom stereocenters. The standard InChI is InChI=1S/C29H34F3N3O4/c1-19(2)35-13-5-6-22(17-35)33-28(36)24-16-26(38-15-14-37-3)23-7-4-8-25(27(23)34-24)39-18-20-9-11-21(12-10-20)29(30,31)32/h4,7-12,16,19,22H,5-6,13-15,17-18H2,1-3H3,(H,33,36)/t22-/m1/s1. The molecule has 0 radical (unpaired) electrons. The van der Waals surface area contributed by atoms with Gasteiger partial charge in [0.25, 0.3) is 5.91 Å². The summed E-state index contributed by atoms with van der Waals surface area (Å²) in [6.45, 7) is 6.74. The lowest BCUT2D eigenvalue weighted by Crippen LogP contribution is -2.49. The van der Waals surface area contributed by atoms with Crippen LogP contribution < -0.4 is 14.8 Å². The van der Waals surface area contributed by atoms with Crippen molar-refractivity contribution in [2.45, 2.75) is 51.6 Å². The molecule has 1 aliphatic heterocycles. The van der Waals surface area contributed by atoms with Gasteiger partial charge in [0.15, 0.2) is 0 Å². The van der Waals surface area contributed by atoms with Gasteiger partial charge < -0.3 is 19.5 Å². The maximum atomic E-state index is 13.3. The highest BCUT2D eigenvalue weighted by Gasteiger charge is 2.30. The third kappa shape index (κ3) is 7.39. The van der Waals surface area contributed by atoms with Crippen LogP contribution in [-0.2, 0) is 17.5 Å². The van der Waals surface area contributed by atoms with Crippen molar-refractivity contribution in [1.82, 2.24) is 15.2 Å². The second-order valence-electron chi connectivity index (χ2n) is 9.88. The Morgan fingerprint density at radius 2 is 1.87 bits per heavy atom. The Labute approximate surface area is 226 Å². The lowest BCUT2D eigenvalue weighted by Gasteiger charge is -2.35. The summed E-state index contributed by atoms with van der Waals surface area (Å²) in [4.78, 5) is 20.3. The maximum absolute atomic E-state index is 13.3. The van der Waals surface area contributed by atoms with Gasteiger partial charge in [-0.15, -0.1) is 0 Å². The monoisotopic (exact) mass is 545 g/mol. The first kappa shape index (κ1) is 28.6. The predicted octanol–water partition coefficient (Wildman–Crippen LogP) is 5.46. The minimum absolute atomic E-state index is 0.00942. The molecule has 1 aromatic heterocycles. The Morgan fingerprint density at radius 1 is 1.10 bits per heavy atom. The quantitative estimate of drug-likeness (QED) is 0.341. The Kier molecular flexibility index (Phi) is 9.29. The minimum Gasteiger partial charge on any atom is -0.490 e. The molecule has 0 unspecified atom stereocenters. The molecule has 10 heteroatoms. The van der Waals surface area contributed by atoms with Crippen LogP contribution in [0.25, 0.3) is 10.9 Å². The molecule has 0 spiro atoms. The molecule has 4 rings (SSSR count). The van der Waals surface area contributed by atoms with Crippen LogP contribution in [0.15, 0.2) is 48.5 Å². The van der Waals surface area contributed by atoms with Crippen LogP contribution in [0.1, 0.15) is 48.3 Å². The fourth-order valence-corrected chi connectivity index (χ4v) is 4.58. The van der Waals surface area contributed by atoms with E-state index in [1.54, 1.807) is 25.3 Å². The van der Waals surface area contributed by atoms with E-state index < -0.39 is 11.7 Å². The molecule has 0 saturated carbocycles. The fraction of sp³-hybridized carbons (Fsp3) is 0.448. The number of nitrogens with zero attached hydrogens (tertiary/aromatic N) is 2. The van der Waals surface area contributed by atoms with Crippen molar-refractivity contribution in [3.8, 4) is 11.5 Å². The molecular weight excluding hydrogens is 511 g/mol. The summed E-state index contributed by atoms with van der Waals surface area (Å²) in [5.74, 6) is 0.554. The Bertz CT molecular complexity index is 1270. The van der Waals surface area contributed by atoms with Crippen molar-refractivity contribution in [2.24, 2.45) is 0 Å². The lowest BCUT2D eigenvalue weighted by atomic mass is 10.0. The highest BCUT2D eigenvalue weighted by molar-refractivity contribution is 5.98. The van der Waals surface area contributed by atoms with Gasteiger partial charge in [0, 0.05) is 37.2 Å². The van der Waals surface area contributed by atoms with E-state index >= 15 is 0 Å². The zero-order chi connectivity index (χ0) is 28.0. The molecule has 1 aliphatic rings. The summed E-state index contributed by atoms with van der Waals surface area (Å²) >= 11 is 0. The number of piperidine rings is 1. The Morgan fingerprint density at radius 3 is 2.56 bits per heavy atom. The third-order valence-electron chi connectivity index (χ3n) is 6.74. The zero-order valence-electron chi connectivity index (χ0n) is 22.4. The van der Waals surface area contributed by atoms with E-state index in [1.165, 1.54) is 12.1 Å². The van der Waals surface area contributed by atoms with Crippen LogP contribution in [-0.4, -0.2) is 61.3 Å². The highest BCUT2D eigenvalue weighted by Crippen LogP contribution is 2.33. The van der Waals surface area contributed by atoms with Crippen molar-refractivity contribution in [3.63, 3.8) is 0 Å². The largest absolute Gasteiger partial charge is 0.490 e. The van der Waals surface area contributed by atoms with Crippen molar-refractivity contribution in [1.29, 1.82) is 0 Å². The van der Waals surface area contributed by atoms with Crippen LogP contribution in [0, 0.1) is 0 Å². The highest BCUT2D eigenvalue weighted by atomic mass is 19.4. The molecule has 210 valence electrons. The molecule has 0 bridgehead atoms. The van der Waals surface area contributed by atoms with Crippen LogP contribution in [0.5, 0.6) is 11.5 Å². The Balaban J connectivity index is 1.59. The molecule has 3 aromatic rings. The van der Waals surface area contributed by atoms with E-state index in [4.69, 9.17) is 14.2 Å². The second kappa shape index (κ2) is 12.7. The first-order chi connectivity index (χ1) is 18.7. The van der Waals surface area contributed by atoms with Gasteiger partial charge in [-0.25, -0.2) is 4.98 Å². The van der Waals surface area contributed by atoms with E-state index in [0.29, 0.717) is 40.6 Å². The van der Waals surface area contributed by atoms with Gasteiger partial charge in [-0.1, -0.05) is 18.2 Å². The van der Waals surface area contributed by atoms with Gasteiger partial charge in [-0.05, 0) is 63.1 Å². The van der Waals surface area contributed by atoms with E-state index in [-0.39, 0.29) is 30.9 Å². The Hall–Kier alpha value is -3.37. The van der Waals surface area contributed by atoms with Crippen LogP contribution >= 0.6 is 0 Å². The number of carbonyl (C=O) groups is 1. The number of halogens is 3. The van der Waals surface area contributed by atoms with E-state index in [2.05, 4.69) is 29.0 Å². The number of benzene rings is 2. The summed E-state index contributed by atoms with van der Waals surface area (Å²) in [6.07, 6.45) is -2.51. The van der Waals surface area contributed by atoms with Crippen LogP contribution in [0.2, 0.25) is 0 Å². The number of aromatic nitrogens is 1. The number of methoxy groups -OCH3 is 1. The number of pyridine rings is 1. The molecule has 1 saturated heterocycles. The van der Waals surface area contributed by atoms with Crippen molar-refractivity contribution >= 4 is 16.8 Å². The second-order valence-corrected chi connectivity index (χ2v) is 9.88. The van der Waals surface area contributed by atoms with E-state index in [1.807, 2.05) is 6.07 Å². The van der Waals surface area contributed by atoms with Gasteiger partial charge in [-0.2, -0.15) is 13.2 Å². The summed E-state index contributed by atoms with van der Waals surface area (Å²) < 4.78 is 55.7. The van der Waals surface area contributed by atoms with Crippen LogP contribution in [0.3, 0.4) is 0 Å². The van der Waals surface area contributed by atoms with Crippen molar-refractivity contribution in [2.75, 3.05) is 33.4 Å². The van der Waals surface area contributed by atoms with Crippen molar-refractivity contribution in [3.05, 3.63) is 65.4 Å². The summed E-state index contributed by atoms with van der Waals surface area (Å²) in [7, 11) is 1.57. The lowest BCUT2D eigenvalue weighted by molar-refractivity contribution is -0.137.